The van der Waals surface area contributed by atoms with Crippen LogP contribution >= 0.6 is 0 Å². The fourth-order valence-electron chi connectivity index (χ4n) is 4.24. The van der Waals surface area contributed by atoms with Crippen molar-refractivity contribution in [2.45, 2.75) is 18.8 Å². The number of furan rings is 1. The summed E-state index contributed by atoms with van der Waals surface area (Å²) in [6.07, 6.45) is 5.09. The minimum absolute atomic E-state index is 0.0441. The molecule has 3 aromatic heterocycles. The predicted octanol–water partition coefficient (Wildman–Crippen LogP) is 4.26. The number of methoxy groups -OCH3 is 1. The summed E-state index contributed by atoms with van der Waals surface area (Å²) in [4.78, 5) is 24.1. The molecule has 0 aliphatic carbocycles. The zero-order valence-corrected chi connectivity index (χ0v) is 17.6. The third kappa shape index (κ3) is 3.56. The van der Waals surface area contributed by atoms with Crippen LogP contribution in [0.3, 0.4) is 0 Å². The van der Waals surface area contributed by atoms with Gasteiger partial charge in [-0.1, -0.05) is 0 Å². The second-order valence-corrected chi connectivity index (χ2v) is 7.89. The molecule has 1 amide bonds. The summed E-state index contributed by atoms with van der Waals surface area (Å²) in [5, 5.41) is 0. The molecule has 1 aliphatic heterocycles. The Morgan fingerprint density at radius 2 is 1.94 bits per heavy atom. The van der Waals surface area contributed by atoms with Crippen LogP contribution in [0.5, 0.6) is 5.75 Å². The van der Waals surface area contributed by atoms with Crippen LogP contribution < -0.4 is 4.74 Å². The largest absolute Gasteiger partial charge is 0.497 e. The Morgan fingerprint density at radius 1 is 1.16 bits per heavy atom. The maximum Gasteiger partial charge on any atom is 0.289 e. The minimum Gasteiger partial charge on any atom is -0.497 e. The van der Waals surface area contributed by atoms with Crippen molar-refractivity contribution in [1.82, 2.24) is 19.4 Å². The number of rotatable bonds is 4. The summed E-state index contributed by atoms with van der Waals surface area (Å²) < 4.78 is 12.6. The third-order valence-electron chi connectivity index (χ3n) is 6.03. The lowest BCUT2D eigenvalue weighted by molar-refractivity contribution is 0.0680. The zero-order valence-electron chi connectivity index (χ0n) is 17.6. The number of aryl methyl sites for hydroxylation is 1. The Balaban J connectivity index is 1.44. The first-order valence-electron chi connectivity index (χ1n) is 10.4. The van der Waals surface area contributed by atoms with Gasteiger partial charge in [-0.15, -0.1) is 0 Å². The Labute approximate surface area is 180 Å². The molecule has 7 heteroatoms. The molecule has 4 heterocycles. The van der Waals surface area contributed by atoms with E-state index in [0.29, 0.717) is 18.8 Å². The van der Waals surface area contributed by atoms with E-state index in [4.69, 9.17) is 14.1 Å². The fourth-order valence-corrected chi connectivity index (χ4v) is 4.24. The molecule has 0 N–H and O–H groups in total. The number of aromatic nitrogens is 3. The topological polar surface area (TPSA) is 73.4 Å². The van der Waals surface area contributed by atoms with Crippen LogP contribution in [0.15, 0.2) is 59.5 Å². The van der Waals surface area contributed by atoms with E-state index in [0.717, 1.165) is 46.6 Å². The van der Waals surface area contributed by atoms with Crippen molar-refractivity contribution in [2.24, 2.45) is 7.05 Å². The van der Waals surface area contributed by atoms with E-state index in [1.54, 1.807) is 19.2 Å². The highest BCUT2D eigenvalue weighted by Gasteiger charge is 2.27. The van der Waals surface area contributed by atoms with E-state index in [2.05, 4.69) is 11.1 Å². The van der Waals surface area contributed by atoms with Crippen LogP contribution in [0, 0.1) is 0 Å². The Kier molecular flexibility index (Phi) is 4.94. The number of fused-ring (bicyclic) bond motifs is 1. The lowest BCUT2D eigenvalue weighted by atomic mass is 9.92. The van der Waals surface area contributed by atoms with Gasteiger partial charge in [-0.25, -0.2) is 4.98 Å². The number of hydrogen-bond donors (Lipinski definition) is 0. The highest BCUT2D eigenvalue weighted by molar-refractivity contribution is 5.92. The quantitative estimate of drug-likeness (QED) is 0.497. The van der Waals surface area contributed by atoms with Gasteiger partial charge in [0.25, 0.3) is 5.91 Å². The van der Waals surface area contributed by atoms with E-state index < -0.39 is 0 Å². The van der Waals surface area contributed by atoms with Crippen molar-refractivity contribution in [3.05, 3.63) is 66.5 Å². The van der Waals surface area contributed by atoms with Crippen LogP contribution in [0.2, 0.25) is 0 Å². The van der Waals surface area contributed by atoms with Gasteiger partial charge in [-0.3, -0.25) is 9.78 Å². The number of benzene rings is 1. The highest BCUT2D eigenvalue weighted by Crippen LogP contribution is 2.33. The number of carbonyl (C=O) groups excluding carboxylic acids is 1. The molecule has 31 heavy (non-hydrogen) atoms. The molecule has 0 saturated carbocycles. The van der Waals surface area contributed by atoms with Gasteiger partial charge >= 0.3 is 0 Å². The van der Waals surface area contributed by atoms with Crippen LogP contribution in [-0.2, 0) is 7.05 Å². The van der Waals surface area contributed by atoms with Crippen molar-refractivity contribution in [1.29, 1.82) is 0 Å². The molecule has 0 radical (unpaired) electrons. The molecule has 1 aromatic carbocycles. The Morgan fingerprint density at radius 3 is 2.61 bits per heavy atom. The molecule has 7 nitrogen and oxygen atoms in total. The fraction of sp³-hybridized carbons (Fsp3) is 0.292. The normalized spacial score (nSPS) is 14.8. The molecule has 0 atom stereocenters. The standard InChI is InChI=1S/C24H24N4O3/c1-27-15-25-23-20(27)14-19(26-22(23)17-5-7-18(30-2)8-6-17)16-9-11-28(12-10-16)24(29)21-4-3-13-31-21/h3-8,13-16H,9-12H2,1-2H3. The summed E-state index contributed by atoms with van der Waals surface area (Å²) >= 11 is 0. The van der Waals surface area contributed by atoms with E-state index in [1.165, 1.54) is 6.26 Å². The lowest BCUT2D eigenvalue weighted by Gasteiger charge is -2.31. The van der Waals surface area contributed by atoms with Gasteiger partial charge in [0.2, 0.25) is 0 Å². The molecule has 0 unspecified atom stereocenters. The van der Waals surface area contributed by atoms with E-state index in [1.807, 2.05) is 47.1 Å². The zero-order chi connectivity index (χ0) is 21.4. The number of carbonyl (C=O) groups is 1. The number of pyridine rings is 1. The Hall–Kier alpha value is -3.61. The number of piperidine rings is 1. The number of hydrogen-bond acceptors (Lipinski definition) is 5. The summed E-state index contributed by atoms with van der Waals surface area (Å²) in [6.45, 7) is 1.38. The van der Waals surface area contributed by atoms with Crippen LogP contribution in [0.1, 0.15) is 35.0 Å². The van der Waals surface area contributed by atoms with Crippen molar-refractivity contribution < 1.29 is 13.9 Å². The second-order valence-electron chi connectivity index (χ2n) is 7.89. The van der Waals surface area contributed by atoms with Gasteiger partial charge in [0, 0.05) is 37.3 Å². The second kappa shape index (κ2) is 7.91. The molecule has 0 spiro atoms. The minimum atomic E-state index is -0.0441. The summed E-state index contributed by atoms with van der Waals surface area (Å²) in [5.74, 6) is 1.45. The number of nitrogens with zero attached hydrogens (tertiary/aromatic N) is 4. The predicted molar refractivity (Wildman–Crippen MR) is 117 cm³/mol. The SMILES string of the molecule is COc1ccc(-c2nc(C3CCN(C(=O)c4ccco4)CC3)cc3c2ncn3C)cc1. The van der Waals surface area contributed by atoms with Crippen molar-refractivity contribution in [3.63, 3.8) is 0 Å². The van der Waals surface area contributed by atoms with Gasteiger partial charge in [0.1, 0.15) is 11.3 Å². The lowest BCUT2D eigenvalue weighted by Crippen LogP contribution is -2.37. The van der Waals surface area contributed by atoms with Crippen LogP contribution in [0.4, 0.5) is 0 Å². The first kappa shape index (κ1) is 19.4. The molecule has 1 aliphatic rings. The molecular weight excluding hydrogens is 392 g/mol. The maximum absolute atomic E-state index is 12.6. The van der Waals surface area contributed by atoms with E-state index in [9.17, 15) is 4.79 Å². The smallest absolute Gasteiger partial charge is 0.289 e. The van der Waals surface area contributed by atoms with Gasteiger partial charge in [0.05, 0.1) is 30.9 Å². The molecule has 4 aromatic rings. The summed E-state index contributed by atoms with van der Waals surface area (Å²) in [7, 11) is 3.66. The van der Waals surface area contributed by atoms with Crippen LogP contribution in [0.25, 0.3) is 22.3 Å². The maximum atomic E-state index is 12.6. The monoisotopic (exact) mass is 416 g/mol. The van der Waals surface area contributed by atoms with Crippen molar-refractivity contribution >= 4 is 16.9 Å². The van der Waals surface area contributed by atoms with Gasteiger partial charge < -0.3 is 18.6 Å². The summed E-state index contributed by atoms with van der Waals surface area (Å²) in [5.41, 5.74) is 4.89. The van der Waals surface area contributed by atoms with Gasteiger partial charge in [0.15, 0.2) is 5.76 Å². The van der Waals surface area contributed by atoms with Crippen molar-refractivity contribution in [2.75, 3.05) is 20.2 Å². The van der Waals surface area contributed by atoms with Gasteiger partial charge in [-0.2, -0.15) is 0 Å². The molecule has 0 bridgehead atoms. The average Bonchev–Trinajstić information content (AvgIpc) is 3.49. The number of imidazole rings is 1. The van der Waals surface area contributed by atoms with Crippen LogP contribution in [-0.4, -0.2) is 45.5 Å². The van der Waals surface area contributed by atoms with E-state index in [-0.39, 0.29) is 11.8 Å². The Bertz CT molecular complexity index is 1200. The molecule has 1 fully saturated rings. The first-order chi connectivity index (χ1) is 15.1. The summed E-state index contributed by atoms with van der Waals surface area (Å²) in [6, 6.07) is 13.5. The molecule has 158 valence electrons. The molecule has 1 saturated heterocycles. The van der Waals surface area contributed by atoms with E-state index >= 15 is 0 Å². The highest BCUT2D eigenvalue weighted by atomic mass is 16.5. The molecular formula is C24H24N4O3. The number of likely N-dealkylation sites (tertiary alicyclic amines) is 1. The number of amides is 1. The first-order valence-corrected chi connectivity index (χ1v) is 10.4. The van der Waals surface area contributed by atoms with Gasteiger partial charge in [-0.05, 0) is 55.3 Å². The number of ether oxygens (including phenoxy) is 1. The average molecular weight is 416 g/mol. The van der Waals surface area contributed by atoms with Crippen molar-refractivity contribution in [3.8, 4) is 17.0 Å². The molecule has 5 rings (SSSR count). The third-order valence-corrected chi connectivity index (χ3v) is 6.03.